The van der Waals surface area contributed by atoms with Crippen LogP contribution in [-0.2, 0) is 9.47 Å². The van der Waals surface area contributed by atoms with Crippen molar-refractivity contribution in [2.75, 3.05) is 0 Å². The maximum atomic E-state index is 8.35. The molecular weight excluding hydrogens is 182 g/mol. The Morgan fingerprint density at radius 2 is 2.21 bits per heavy atom. The molecule has 0 N–H and O–H groups in total. The first-order chi connectivity index (χ1) is 6.61. The van der Waals surface area contributed by atoms with E-state index < -0.39 is 0 Å². The summed E-state index contributed by atoms with van der Waals surface area (Å²) in [4.78, 5) is 2.82. The molecule has 0 spiro atoms. The van der Waals surface area contributed by atoms with Crippen molar-refractivity contribution in [2.45, 2.75) is 58.2 Å². The Morgan fingerprint density at radius 1 is 1.50 bits per heavy atom. The Morgan fingerprint density at radius 3 is 2.79 bits per heavy atom. The highest BCUT2D eigenvalue weighted by molar-refractivity contribution is 4.77. The zero-order valence-electron chi connectivity index (χ0n) is 8.88. The highest BCUT2D eigenvalue weighted by atomic mass is 16.7. The monoisotopic (exact) mass is 199 g/mol. The fraction of sp³-hybridized carbons (Fsp3) is 1.00. The minimum absolute atomic E-state index is 0.00694. The molecule has 1 rings (SSSR count). The van der Waals surface area contributed by atoms with Gasteiger partial charge in [-0.05, 0) is 32.7 Å². The molecule has 5 heteroatoms. The van der Waals surface area contributed by atoms with E-state index in [4.69, 9.17) is 15.0 Å². The smallest absolute Gasteiger partial charge is 0.158 e. The lowest BCUT2D eigenvalue weighted by atomic mass is 10.0. The van der Waals surface area contributed by atoms with Gasteiger partial charge in [-0.1, -0.05) is 5.11 Å². The van der Waals surface area contributed by atoms with Crippen LogP contribution in [0.25, 0.3) is 10.4 Å². The topological polar surface area (TPSA) is 67.2 Å². The van der Waals surface area contributed by atoms with Crippen LogP contribution in [0.2, 0.25) is 0 Å². The second-order valence-electron chi connectivity index (χ2n) is 3.89. The molecular formula is C9H17N3O2. The van der Waals surface area contributed by atoms with E-state index >= 15 is 0 Å². The third-order valence-electron chi connectivity index (χ3n) is 2.09. The molecule has 80 valence electrons. The first-order valence-corrected chi connectivity index (χ1v) is 4.97. The molecule has 3 atom stereocenters. The van der Waals surface area contributed by atoms with E-state index in [0.29, 0.717) is 6.42 Å². The van der Waals surface area contributed by atoms with E-state index in [0.717, 1.165) is 6.42 Å². The van der Waals surface area contributed by atoms with Gasteiger partial charge in [0.15, 0.2) is 6.29 Å². The van der Waals surface area contributed by atoms with E-state index in [9.17, 15) is 0 Å². The Labute approximate surface area is 84.0 Å². The average Bonchev–Trinajstić information content (AvgIpc) is 2.01. The van der Waals surface area contributed by atoms with Crippen molar-refractivity contribution >= 4 is 0 Å². The molecule has 1 heterocycles. The summed E-state index contributed by atoms with van der Waals surface area (Å²) >= 11 is 0. The van der Waals surface area contributed by atoms with Crippen molar-refractivity contribution in [3.63, 3.8) is 0 Å². The molecule has 3 unspecified atom stereocenters. The van der Waals surface area contributed by atoms with Crippen molar-refractivity contribution in [3.05, 3.63) is 10.4 Å². The molecule has 1 saturated heterocycles. The van der Waals surface area contributed by atoms with Crippen LogP contribution in [0.15, 0.2) is 5.11 Å². The third-order valence-corrected chi connectivity index (χ3v) is 2.09. The predicted octanol–water partition coefficient (Wildman–Crippen LogP) is 2.62. The van der Waals surface area contributed by atoms with Crippen molar-refractivity contribution in [2.24, 2.45) is 5.11 Å². The largest absolute Gasteiger partial charge is 0.350 e. The summed E-state index contributed by atoms with van der Waals surface area (Å²) in [6, 6.07) is 0.00694. The van der Waals surface area contributed by atoms with Gasteiger partial charge in [0.25, 0.3) is 0 Å². The molecule has 0 radical (unpaired) electrons. The Hall–Kier alpha value is -0.770. The second-order valence-corrected chi connectivity index (χ2v) is 3.89. The number of rotatable bonds is 3. The summed E-state index contributed by atoms with van der Waals surface area (Å²) in [5.41, 5.74) is 8.35. The number of ether oxygens (including phenoxy) is 2. The van der Waals surface area contributed by atoms with Gasteiger partial charge in [0.1, 0.15) is 0 Å². The fourth-order valence-electron chi connectivity index (χ4n) is 1.63. The van der Waals surface area contributed by atoms with E-state index in [2.05, 4.69) is 10.0 Å². The average molecular weight is 199 g/mol. The molecule has 0 saturated carbocycles. The lowest BCUT2D eigenvalue weighted by Crippen LogP contribution is -2.36. The van der Waals surface area contributed by atoms with Gasteiger partial charge in [0.05, 0.1) is 12.2 Å². The highest BCUT2D eigenvalue weighted by Crippen LogP contribution is 2.23. The number of hydrogen-bond donors (Lipinski definition) is 0. The summed E-state index contributed by atoms with van der Waals surface area (Å²) in [5, 5.41) is 3.71. The van der Waals surface area contributed by atoms with E-state index in [1.54, 1.807) is 0 Å². The van der Waals surface area contributed by atoms with Crippen LogP contribution in [0, 0.1) is 0 Å². The van der Waals surface area contributed by atoms with Gasteiger partial charge in [0, 0.05) is 17.4 Å². The van der Waals surface area contributed by atoms with Crippen molar-refractivity contribution < 1.29 is 9.47 Å². The normalized spacial score (nSPS) is 32.7. The predicted molar refractivity (Wildman–Crippen MR) is 52.7 cm³/mol. The van der Waals surface area contributed by atoms with Crippen LogP contribution >= 0.6 is 0 Å². The van der Waals surface area contributed by atoms with Crippen LogP contribution in [0.1, 0.15) is 33.6 Å². The summed E-state index contributed by atoms with van der Waals surface area (Å²) in [5.74, 6) is 0. The maximum absolute atomic E-state index is 8.35. The lowest BCUT2D eigenvalue weighted by Gasteiger charge is -2.32. The second kappa shape index (κ2) is 5.20. The van der Waals surface area contributed by atoms with Gasteiger partial charge in [-0.2, -0.15) is 0 Å². The van der Waals surface area contributed by atoms with Gasteiger partial charge >= 0.3 is 0 Å². The van der Waals surface area contributed by atoms with Crippen LogP contribution in [0.5, 0.6) is 0 Å². The minimum Gasteiger partial charge on any atom is -0.350 e. The molecule has 1 fully saturated rings. The molecule has 0 aromatic rings. The standard InChI is InChI=1S/C9H17N3O2/c1-6(2)13-9-5-8(11-12-10)4-7(3)14-9/h6-9H,4-5H2,1-3H3. The Kier molecular flexibility index (Phi) is 4.20. The van der Waals surface area contributed by atoms with E-state index in [1.165, 1.54) is 0 Å². The van der Waals surface area contributed by atoms with E-state index in [-0.39, 0.29) is 24.5 Å². The molecule has 1 aliphatic rings. The van der Waals surface area contributed by atoms with Gasteiger partial charge in [0.2, 0.25) is 0 Å². The molecule has 0 aromatic heterocycles. The van der Waals surface area contributed by atoms with Crippen molar-refractivity contribution in [1.29, 1.82) is 0 Å². The van der Waals surface area contributed by atoms with Crippen LogP contribution in [0.3, 0.4) is 0 Å². The van der Waals surface area contributed by atoms with Crippen LogP contribution < -0.4 is 0 Å². The van der Waals surface area contributed by atoms with Crippen LogP contribution in [0.4, 0.5) is 0 Å². The number of azide groups is 1. The van der Waals surface area contributed by atoms with Gasteiger partial charge in [-0.15, -0.1) is 0 Å². The molecule has 14 heavy (non-hydrogen) atoms. The maximum Gasteiger partial charge on any atom is 0.158 e. The first-order valence-electron chi connectivity index (χ1n) is 4.97. The SMILES string of the molecule is CC(C)OC1CC(N=[N+]=[N-])CC(C)O1. The molecule has 0 aliphatic carbocycles. The zero-order chi connectivity index (χ0) is 10.6. The zero-order valence-corrected chi connectivity index (χ0v) is 8.88. The summed E-state index contributed by atoms with van der Waals surface area (Å²) in [6.07, 6.45) is 1.45. The molecule has 0 bridgehead atoms. The summed E-state index contributed by atoms with van der Waals surface area (Å²) < 4.78 is 11.1. The fourth-order valence-corrected chi connectivity index (χ4v) is 1.63. The lowest BCUT2D eigenvalue weighted by molar-refractivity contribution is -0.207. The molecule has 5 nitrogen and oxygen atoms in total. The summed E-state index contributed by atoms with van der Waals surface area (Å²) in [6.45, 7) is 5.89. The van der Waals surface area contributed by atoms with Crippen molar-refractivity contribution in [1.82, 2.24) is 0 Å². The first kappa shape index (κ1) is 11.3. The van der Waals surface area contributed by atoms with Crippen molar-refractivity contribution in [3.8, 4) is 0 Å². The number of nitrogens with zero attached hydrogens (tertiary/aromatic N) is 3. The third kappa shape index (κ3) is 3.54. The minimum atomic E-state index is -0.228. The summed E-state index contributed by atoms with van der Waals surface area (Å²) in [7, 11) is 0. The number of hydrogen-bond acceptors (Lipinski definition) is 3. The van der Waals surface area contributed by atoms with Gasteiger partial charge in [-0.25, -0.2) is 0 Å². The van der Waals surface area contributed by atoms with Gasteiger partial charge < -0.3 is 9.47 Å². The molecule has 0 amide bonds. The Balaban J connectivity index is 2.49. The highest BCUT2D eigenvalue weighted by Gasteiger charge is 2.27. The Bertz CT molecular complexity index is 224. The van der Waals surface area contributed by atoms with E-state index in [1.807, 2.05) is 20.8 Å². The quantitative estimate of drug-likeness (QED) is 0.398. The molecule has 1 aliphatic heterocycles. The van der Waals surface area contributed by atoms with Gasteiger partial charge in [-0.3, -0.25) is 0 Å². The van der Waals surface area contributed by atoms with Crippen LogP contribution in [-0.4, -0.2) is 24.5 Å². The molecule has 0 aromatic carbocycles.